The Morgan fingerprint density at radius 3 is 2.36 bits per heavy atom. The molecule has 12 nitrogen and oxygen atoms in total. The standard InChI is InChI=1S/C31H37N3O9S/c1-6-30(29(37)40-7-2,23-17-25-31(41-13-14-42-31)10-12-33(25)27(35)22(23)18-32)43-28(36)24-9-8-11-34(24)44(38,39)26-20(4)15-19(3)16-21(26)5/h15-17,24H,6-14H2,1-5H3/t24-,30+/m1/s1. The number of fused-ring (bicyclic) bond motifs is 2. The van der Waals surface area contributed by atoms with Crippen molar-refractivity contribution in [3.05, 3.63) is 62.1 Å². The van der Waals surface area contributed by atoms with Gasteiger partial charge in [0.15, 0.2) is 0 Å². The Morgan fingerprint density at radius 2 is 1.77 bits per heavy atom. The molecule has 0 unspecified atom stereocenters. The summed E-state index contributed by atoms with van der Waals surface area (Å²) in [4.78, 5) is 41.5. The van der Waals surface area contributed by atoms with Crippen molar-refractivity contribution >= 4 is 22.0 Å². The van der Waals surface area contributed by atoms with E-state index in [1.54, 1.807) is 39.8 Å². The number of rotatable bonds is 8. The summed E-state index contributed by atoms with van der Waals surface area (Å²) >= 11 is 0. The van der Waals surface area contributed by atoms with E-state index >= 15 is 0 Å². The molecule has 236 valence electrons. The van der Waals surface area contributed by atoms with Gasteiger partial charge in [-0.3, -0.25) is 9.59 Å². The van der Waals surface area contributed by atoms with Crippen molar-refractivity contribution in [1.82, 2.24) is 8.87 Å². The molecule has 13 heteroatoms. The van der Waals surface area contributed by atoms with E-state index in [4.69, 9.17) is 18.9 Å². The molecular formula is C31H37N3O9S. The number of sulfonamides is 1. The summed E-state index contributed by atoms with van der Waals surface area (Å²) in [5, 5.41) is 10.1. The van der Waals surface area contributed by atoms with Gasteiger partial charge in [-0.15, -0.1) is 0 Å². The first-order valence-electron chi connectivity index (χ1n) is 14.8. The zero-order valence-corrected chi connectivity index (χ0v) is 26.4. The number of hydrogen-bond donors (Lipinski definition) is 0. The first-order valence-corrected chi connectivity index (χ1v) is 16.3. The Bertz CT molecular complexity index is 1700. The maximum Gasteiger partial charge on any atom is 0.355 e. The van der Waals surface area contributed by atoms with Gasteiger partial charge in [0.05, 0.1) is 30.4 Å². The Hall–Kier alpha value is -3.57. The lowest BCUT2D eigenvalue weighted by Crippen LogP contribution is -2.49. The van der Waals surface area contributed by atoms with Gasteiger partial charge in [0.25, 0.3) is 5.56 Å². The van der Waals surface area contributed by atoms with E-state index in [0.717, 1.165) is 9.87 Å². The van der Waals surface area contributed by atoms with E-state index in [-0.39, 0.29) is 48.6 Å². The van der Waals surface area contributed by atoms with E-state index in [1.807, 2.05) is 13.0 Å². The SMILES string of the molecule is CCOC(=O)[C@@](CC)(OC(=O)[C@H]1CCCN1S(=O)(=O)c1c(C)cc(C)cc1C)c1cc2n(c(=O)c1C#N)CCC21OCCO1. The Labute approximate surface area is 256 Å². The number of carbonyl (C=O) groups excluding carboxylic acids is 2. The van der Waals surface area contributed by atoms with Crippen LogP contribution < -0.4 is 5.56 Å². The van der Waals surface area contributed by atoms with E-state index in [1.165, 1.54) is 10.6 Å². The molecule has 0 saturated carbocycles. The van der Waals surface area contributed by atoms with E-state index in [0.29, 0.717) is 42.9 Å². The normalized spacial score (nSPS) is 20.7. The van der Waals surface area contributed by atoms with Gasteiger partial charge in [0, 0.05) is 25.1 Å². The quantitative estimate of drug-likeness (QED) is 0.399. The summed E-state index contributed by atoms with van der Waals surface area (Å²) in [5.41, 5.74) is -1.10. The van der Waals surface area contributed by atoms with E-state index in [9.17, 15) is 28.1 Å². The lowest BCUT2D eigenvalue weighted by atomic mass is 9.86. The molecule has 4 heterocycles. The highest BCUT2D eigenvalue weighted by Crippen LogP contribution is 2.43. The minimum absolute atomic E-state index is 0.0734. The zero-order valence-electron chi connectivity index (χ0n) is 25.6. The van der Waals surface area contributed by atoms with Gasteiger partial charge < -0.3 is 23.5 Å². The number of aromatic nitrogens is 1. The van der Waals surface area contributed by atoms with Crippen LogP contribution in [0.5, 0.6) is 0 Å². The fourth-order valence-corrected chi connectivity index (χ4v) is 8.86. The first kappa shape index (κ1) is 31.8. The molecule has 2 aromatic rings. The third-order valence-corrected chi connectivity index (χ3v) is 10.9. The number of nitriles is 1. The van der Waals surface area contributed by atoms with Crippen LogP contribution >= 0.6 is 0 Å². The predicted octanol–water partition coefficient (Wildman–Crippen LogP) is 2.81. The molecule has 1 aromatic heterocycles. The second-order valence-corrected chi connectivity index (χ2v) is 13.2. The molecule has 2 saturated heterocycles. The first-order chi connectivity index (χ1) is 20.9. The minimum Gasteiger partial charge on any atom is -0.463 e. The second-order valence-electron chi connectivity index (χ2n) is 11.4. The lowest BCUT2D eigenvalue weighted by Gasteiger charge is -2.34. The zero-order chi connectivity index (χ0) is 32.0. The van der Waals surface area contributed by atoms with Gasteiger partial charge in [-0.25, -0.2) is 13.2 Å². The van der Waals surface area contributed by atoms with Gasteiger partial charge >= 0.3 is 11.9 Å². The molecule has 44 heavy (non-hydrogen) atoms. The van der Waals surface area contributed by atoms with Crippen LogP contribution in [-0.4, -0.2) is 61.6 Å². The number of benzene rings is 1. The fourth-order valence-electron chi connectivity index (χ4n) is 6.80. The summed E-state index contributed by atoms with van der Waals surface area (Å²) in [7, 11) is -4.13. The largest absolute Gasteiger partial charge is 0.463 e. The van der Waals surface area contributed by atoms with Crippen LogP contribution in [0.1, 0.15) is 73.0 Å². The molecule has 2 fully saturated rings. The molecule has 1 aromatic carbocycles. The van der Waals surface area contributed by atoms with Gasteiger partial charge in [-0.2, -0.15) is 9.57 Å². The minimum atomic E-state index is -4.13. The molecular weight excluding hydrogens is 590 g/mol. The number of carbonyl (C=O) groups is 2. The van der Waals surface area contributed by atoms with Crippen LogP contribution in [0.25, 0.3) is 0 Å². The van der Waals surface area contributed by atoms with Crippen LogP contribution in [0.15, 0.2) is 27.9 Å². The van der Waals surface area contributed by atoms with Crippen molar-refractivity contribution in [1.29, 1.82) is 5.26 Å². The van der Waals surface area contributed by atoms with E-state index < -0.39 is 45.0 Å². The maximum atomic E-state index is 14.0. The van der Waals surface area contributed by atoms with Crippen molar-refractivity contribution in [2.75, 3.05) is 26.4 Å². The summed E-state index contributed by atoms with van der Waals surface area (Å²) in [5.74, 6) is -3.19. The van der Waals surface area contributed by atoms with Gasteiger partial charge in [0.1, 0.15) is 17.7 Å². The number of nitrogens with zero attached hydrogens (tertiary/aromatic N) is 3. The highest BCUT2D eigenvalue weighted by Gasteiger charge is 2.53. The van der Waals surface area contributed by atoms with E-state index in [2.05, 4.69) is 0 Å². The number of aryl methyl sites for hydroxylation is 3. The van der Waals surface area contributed by atoms with Crippen LogP contribution in [0.2, 0.25) is 0 Å². The molecule has 2 atom stereocenters. The fraction of sp³-hybridized carbons (Fsp3) is 0.548. The second kappa shape index (κ2) is 11.7. The Kier molecular flexibility index (Phi) is 8.50. The van der Waals surface area contributed by atoms with Crippen LogP contribution in [0.3, 0.4) is 0 Å². The number of pyridine rings is 1. The average molecular weight is 628 g/mol. The monoisotopic (exact) mass is 627 g/mol. The Morgan fingerprint density at radius 1 is 1.11 bits per heavy atom. The third kappa shape index (κ3) is 4.94. The number of esters is 2. The summed E-state index contributed by atoms with van der Waals surface area (Å²) in [6.07, 6.45) is 0.677. The van der Waals surface area contributed by atoms with Crippen LogP contribution in [0, 0.1) is 32.1 Å². The molecule has 0 amide bonds. The summed E-state index contributed by atoms with van der Waals surface area (Å²) in [6.45, 7) is 9.26. The molecule has 3 aliphatic heterocycles. The van der Waals surface area contributed by atoms with Gasteiger partial charge in [-0.05, 0) is 64.2 Å². The van der Waals surface area contributed by atoms with Crippen LogP contribution in [-0.2, 0) is 56.5 Å². The van der Waals surface area contributed by atoms with Crippen molar-refractivity contribution in [2.24, 2.45) is 0 Å². The Balaban J connectivity index is 1.61. The number of hydrogen-bond acceptors (Lipinski definition) is 10. The smallest absolute Gasteiger partial charge is 0.355 e. The third-order valence-electron chi connectivity index (χ3n) is 8.68. The molecule has 0 bridgehead atoms. The van der Waals surface area contributed by atoms with Gasteiger partial charge in [-0.1, -0.05) is 24.6 Å². The van der Waals surface area contributed by atoms with Crippen molar-refractivity contribution in [3.63, 3.8) is 0 Å². The summed E-state index contributed by atoms with van der Waals surface area (Å²) < 4.78 is 53.6. The summed E-state index contributed by atoms with van der Waals surface area (Å²) in [6, 6.07) is 5.65. The topological polar surface area (TPSA) is 154 Å². The van der Waals surface area contributed by atoms with Crippen LogP contribution in [0.4, 0.5) is 0 Å². The molecule has 5 rings (SSSR count). The lowest BCUT2D eigenvalue weighted by molar-refractivity contribution is -0.187. The maximum absolute atomic E-state index is 14.0. The predicted molar refractivity (Wildman–Crippen MR) is 156 cm³/mol. The van der Waals surface area contributed by atoms with Crippen molar-refractivity contribution in [3.8, 4) is 6.07 Å². The van der Waals surface area contributed by atoms with Gasteiger partial charge in [0.2, 0.25) is 21.4 Å². The highest BCUT2D eigenvalue weighted by atomic mass is 32.2. The molecule has 0 aliphatic carbocycles. The molecule has 0 radical (unpaired) electrons. The average Bonchev–Trinajstić information content (AvgIpc) is 3.73. The van der Waals surface area contributed by atoms with Crippen molar-refractivity contribution < 1.29 is 37.0 Å². The molecule has 0 N–H and O–H groups in total. The molecule has 3 aliphatic rings. The highest BCUT2D eigenvalue weighted by molar-refractivity contribution is 7.89. The molecule has 1 spiro atoms. The number of ether oxygens (including phenoxy) is 4. The van der Waals surface area contributed by atoms with Crippen molar-refractivity contribution in [2.45, 2.75) is 89.2 Å².